The highest BCUT2D eigenvalue weighted by atomic mass is 35.5. The Morgan fingerprint density at radius 3 is 2.67 bits per heavy atom. The number of halogens is 2. The van der Waals surface area contributed by atoms with E-state index in [1.54, 1.807) is 18.2 Å². The summed E-state index contributed by atoms with van der Waals surface area (Å²) < 4.78 is 0. The Hall–Kier alpha value is -0.570. The topological polar surface area (TPSA) is 20.3 Å². The van der Waals surface area contributed by atoms with Crippen LogP contribution in [0.2, 0.25) is 10.0 Å². The van der Waals surface area contributed by atoms with Gasteiger partial charge in [-0.05, 0) is 36.4 Å². The first-order valence-electron chi connectivity index (χ1n) is 7.48. The van der Waals surface area contributed by atoms with Crippen LogP contribution in [0.4, 0.5) is 0 Å². The number of carbonyl (C=O) groups is 1. The van der Waals surface area contributed by atoms with E-state index in [4.69, 9.17) is 23.2 Å². The summed E-state index contributed by atoms with van der Waals surface area (Å²) in [4.78, 5) is 14.7. The van der Waals surface area contributed by atoms with Crippen LogP contribution in [-0.4, -0.2) is 30.3 Å². The molecule has 4 heteroatoms. The van der Waals surface area contributed by atoms with Gasteiger partial charge in [0, 0.05) is 25.1 Å². The first-order chi connectivity index (χ1) is 9.79. The number of Topliss-reactive ketones (excluding diaryl/α,β-unsaturated/α-hetero) is 1. The van der Waals surface area contributed by atoms with Gasteiger partial charge in [-0.3, -0.25) is 4.79 Å². The van der Waals surface area contributed by atoms with Crippen LogP contribution < -0.4 is 0 Å². The van der Waals surface area contributed by atoms with Crippen LogP contribution in [0.3, 0.4) is 0 Å². The summed E-state index contributed by atoms with van der Waals surface area (Å²) in [5.74, 6) is 0.782. The maximum Gasteiger partial charge on any atom is 0.165 e. The molecule has 1 aromatic carbocycles. The Morgan fingerprint density at radius 1 is 1.33 bits per heavy atom. The quantitative estimate of drug-likeness (QED) is 0.730. The maximum absolute atomic E-state index is 12.3. The average molecular weight is 328 g/mol. The fraction of sp³-hybridized carbons (Fsp3) is 0.588. The van der Waals surface area contributed by atoms with Crippen molar-refractivity contribution in [1.29, 1.82) is 0 Å². The van der Waals surface area contributed by atoms with E-state index in [2.05, 4.69) is 25.7 Å². The lowest BCUT2D eigenvalue weighted by Gasteiger charge is -2.27. The molecule has 0 saturated carbocycles. The standard InChI is InChI=1S/C17H23Cl2NO/c1-17(2,3)12-7-9-20(11-12)10-8-15(21)13-5-4-6-14(18)16(13)19/h4-6,12H,7-11H2,1-3H3. The lowest BCUT2D eigenvalue weighted by atomic mass is 9.80. The average Bonchev–Trinajstić information content (AvgIpc) is 2.88. The Balaban J connectivity index is 1.89. The van der Waals surface area contributed by atoms with Crippen molar-refractivity contribution >= 4 is 29.0 Å². The second kappa shape index (κ2) is 6.68. The van der Waals surface area contributed by atoms with Gasteiger partial charge in [-0.25, -0.2) is 0 Å². The summed E-state index contributed by atoms with van der Waals surface area (Å²) in [5, 5.41) is 0.814. The van der Waals surface area contributed by atoms with Gasteiger partial charge in [-0.15, -0.1) is 0 Å². The summed E-state index contributed by atoms with van der Waals surface area (Å²) in [6.45, 7) is 9.83. The van der Waals surface area contributed by atoms with E-state index in [1.807, 2.05) is 0 Å². The molecule has 1 aromatic rings. The first-order valence-corrected chi connectivity index (χ1v) is 8.24. The van der Waals surface area contributed by atoms with Crippen LogP contribution in [0, 0.1) is 11.3 Å². The van der Waals surface area contributed by atoms with Crippen molar-refractivity contribution in [3.05, 3.63) is 33.8 Å². The fourth-order valence-corrected chi connectivity index (χ4v) is 3.26. The smallest absolute Gasteiger partial charge is 0.165 e. The van der Waals surface area contributed by atoms with Gasteiger partial charge in [0.05, 0.1) is 10.0 Å². The van der Waals surface area contributed by atoms with E-state index in [0.29, 0.717) is 33.4 Å². The van der Waals surface area contributed by atoms with Crippen LogP contribution in [0.25, 0.3) is 0 Å². The Bertz CT molecular complexity index is 522. The van der Waals surface area contributed by atoms with Crippen molar-refractivity contribution < 1.29 is 4.79 Å². The van der Waals surface area contributed by atoms with E-state index in [9.17, 15) is 4.79 Å². The third kappa shape index (κ3) is 4.21. The highest BCUT2D eigenvalue weighted by Gasteiger charge is 2.31. The molecule has 0 spiro atoms. The molecule has 1 aliphatic rings. The number of hydrogen-bond donors (Lipinski definition) is 0. The van der Waals surface area contributed by atoms with Gasteiger partial charge in [-0.2, -0.15) is 0 Å². The molecule has 0 aromatic heterocycles. The minimum Gasteiger partial charge on any atom is -0.303 e. The molecule has 1 saturated heterocycles. The van der Waals surface area contributed by atoms with Crippen molar-refractivity contribution in [3.8, 4) is 0 Å². The Kier molecular flexibility index (Phi) is 5.34. The molecule has 0 aliphatic carbocycles. The molecule has 1 fully saturated rings. The summed E-state index contributed by atoms with van der Waals surface area (Å²) in [6.07, 6.45) is 1.71. The number of hydrogen-bond acceptors (Lipinski definition) is 2. The fourth-order valence-electron chi connectivity index (χ4n) is 2.86. The van der Waals surface area contributed by atoms with Gasteiger partial charge in [0.25, 0.3) is 0 Å². The molecule has 1 unspecified atom stereocenters. The highest BCUT2D eigenvalue weighted by molar-refractivity contribution is 6.43. The number of rotatable bonds is 4. The van der Waals surface area contributed by atoms with Gasteiger partial charge in [0.1, 0.15) is 0 Å². The SMILES string of the molecule is CC(C)(C)C1CCN(CCC(=O)c2cccc(Cl)c2Cl)C1. The number of ketones is 1. The number of likely N-dealkylation sites (tertiary alicyclic amines) is 1. The predicted molar refractivity (Wildman–Crippen MR) is 89.4 cm³/mol. The second-order valence-electron chi connectivity index (χ2n) is 6.93. The van der Waals surface area contributed by atoms with E-state index in [0.717, 1.165) is 19.6 Å². The van der Waals surface area contributed by atoms with E-state index < -0.39 is 0 Å². The Morgan fingerprint density at radius 2 is 2.05 bits per heavy atom. The van der Waals surface area contributed by atoms with Crippen molar-refractivity contribution in [3.63, 3.8) is 0 Å². The summed E-state index contributed by atoms with van der Waals surface area (Å²) in [7, 11) is 0. The zero-order valence-electron chi connectivity index (χ0n) is 13.0. The Labute approximate surface area is 137 Å². The molecule has 1 atom stereocenters. The first kappa shape index (κ1) is 16.8. The normalized spacial score (nSPS) is 20.0. The monoisotopic (exact) mass is 327 g/mol. The van der Waals surface area contributed by atoms with Crippen molar-refractivity contribution in [2.75, 3.05) is 19.6 Å². The summed E-state index contributed by atoms with van der Waals surface area (Å²) in [6, 6.07) is 5.22. The summed E-state index contributed by atoms with van der Waals surface area (Å²) >= 11 is 12.1. The minimum absolute atomic E-state index is 0.0710. The zero-order chi connectivity index (χ0) is 15.6. The third-order valence-corrected chi connectivity index (χ3v) is 5.22. The van der Waals surface area contributed by atoms with Crippen molar-refractivity contribution in [2.24, 2.45) is 11.3 Å². The number of benzene rings is 1. The molecule has 0 bridgehead atoms. The largest absolute Gasteiger partial charge is 0.303 e. The van der Waals surface area contributed by atoms with Gasteiger partial charge < -0.3 is 4.90 Å². The molecule has 21 heavy (non-hydrogen) atoms. The second-order valence-corrected chi connectivity index (χ2v) is 7.71. The van der Waals surface area contributed by atoms with Gasteiger partial charge in [0.2, 0.25) is 0 Å². The minimum atomic E-state index is 0.0710. The molecular formula is C17H23Cl2NO. The molecule has 116 valence electrons. The number of carbonyl (C=O) groups excluding carboxylic acids is 1. The number of nitrogens with zero attached hydrogens (tertiary/aromatic N) is 1. The lowest BCUT2D eigenvalue weighted by Crippen LogP contribution is -2.27. The predicted octanol–water partition coefficient (Wildman–Crippen LogP) is 4.93. The van der Waals surface area contributed by atoms with Crippen LogP contribution in [0.1, 0.15) is 44.0 Å². The van der Waals surface area contributed by atoms with Gasteiger partial charge in [-0.1, -0.05) is 50.0 Å². The molecular weight excluding hydrogens is 305 g/mol. The molecule has 1 aliphatic heterocycles. The van der Waals surface area contributed by atoms with Crippen LogP contribution in [0.5, 0.6) is 0 Å². The van der Waals surface area contributed by atoms with Crippen LogP contribution >= 0.6 is 23.2 Å². The lowest BCUT2D eigenvalue weighted by molar-refractivity contribution is 0.0967. The van der Waals surface area contributed by atoms with E-state index in [-0.39, 0.29) is 5.78 Å². The summed E-state index contributed by atoms with van der Waals surface area (Å²) in [5.41, 5.74) is 0.880. The van der Waals surface area contributed by atoms with Crippen molar-refractivity contribution in [2.45, 2.75) is 33.6 Å². The zero-order valence-corrected chi connectivity index (χ0v) is 14.5. The van der Waals surface area contributed by atoms with Gasteiger partial charge in [0.15, 0.2) is 5.78 Å². The van der Waals surface area contributed by atoms with Gasteiger partial charge >= 0.3 is 0 Å². The highest BCUT2D eigenvalue weighted by Crippen LogP contribution is 2.33. The maximum atomic E-state index is 12.3. The third-order valence-electron chi connectivity index (χ3n) is 4.40. The molecule has 1 heterocycles. The van der Waals surface area contributed by atoms with Crippen molar-refractivity contribution in [1.82, 2.24) is 4.90 Å². The molecule has 2 nitrogen and oxygen atoms in total. The molecule has 0 N–H and O–H groups in total. The van der Waals surface area contributed by atoms with E-state index >= 15 is 0 Å². The molecule has 2 rings (SSSR count). The van der Waals surface area contributed by atoms with E-state index in [1.165, 1.54) is 6.42 Å². The van der Waals surface area contributed by atoms with Crippen LogP contribution in [0.15, 0.2) is 18.2 Å². The molecule has 0 radical (unpaired) electrons. The van der Waals surface area contributed by atoms with Crippen LogP contribution in [-0.2, 0) is 0 Å². The molecule has 0 amide bonds.